The van der Waals surface area contributed by atoms with Crippen LogP contribution in [0.3, 0.4) is 0 Å². The van der Waals surface area contributed by atoms with Crippen LogP contribution >= 0.6 is 23.4 Å². The Morgan fingerprint density at radius 1 is 1.50 bits per heavy atom. The molecule has 2 nitrogen and oxygen atoms in total. The fourth-order valence-electron chi connectivity index (χ4n) is 0.717. The molecule has 0 aliphatic rings. The molecule has 0 atom stereocenters. The van der Waals surface area contributed by atoms with Gasteiger partial charge in [0, 0.05) is 4.90 Å². The van der Waals surface area contributed by atoms with Gasteiger partial charge in [-0.05, 0) is 12.1 Å². The highest BCUT2D eigenvalue weighted by Crippen LogP contribution is 2.25. The molecule has 0 saturated carbocycles. The van der Waals surface area contributed by atoms with Crippen LogP contribution in [0.1, 0.15) is 0 Å². The third-order valence-electron chi connectivity index (χ3n) is 1.22. The maximum Gasteiger partial charge on any atom is 0.101 e. The SMILES string of the molecule is N=C(N)CSc1ccccc1Cl. The zero-order chi connectivity index (χ0) is 8.97. The average molecular weight is 201 g/mol. The fourth-order valence-corrected chi connectivity index (χ4v) is 1.71. The minimum absolute atomic E-state index is 0.167. The number of hydrogen-bond donors (Lipinski definition) is 2. The van der Waals surface area contributed by atoms with Crippen molar-refractivity contribution in [1.29, 1.82) is 5.41 Å². The van der Waals surface area contributed by atoms with Crippen molar-refractivity contribution in [3.63, 3.8) is 0 Å². The lowest BCUT2D eigenvalue weighted by molar-refractivity contribution is 1.41. The number of benzene rings is 1. The second-order valence-corrected chi connectivity index (χ2v) is 3.67. The molecule has 0 radical (unpaired) electrons. The standard InChI is InChI=1S/C8H9ClN2S/c9-6-3-1-2-4-7(6)12-5-8(10)11/h1-4H,5H2,(H3,10,11). The number of nitrogens with two attached hydrogens (primary N) is 1. The van der Waals surface area contributed by atoms with Crippen molar-refractivity contribution < 1.29 is 0 Å². The Morgan fingerprint density at radius 3 is 2.75 bits per heavy atom. The summed E-state index contributed by atoms with van der Waals surface area (Å²) in [5.74, 6) is 0.656. The van der Waals surface area contributed by atoms with Crippen LogP contribution in [0.4, 0.5) is 0 Å². The molecular formula is C8H9ClN2S. The summed E-state index contributed by atoms with van der Waals surface area (Å²) < 4.78 is 0. The van der Waals surface area contributed by atoms with Crippen LogP contribution in [-0.4, -0.2) is 11.6 Å². The summed E-state index contributed by atoms with van der Waals surface area (Å²) >= 11 is 7.35. The predicted octanol–water partition coefficient (Wildman–Crippen LogP) is 2.37. The van der Waals surface area contributed by atoms with Crippen molar-refractivity contribution in [2.75, 3.05) is 5.75 Å². The summed E-state index contributed by atoms with van der Waals surface area (Å²) in [6.07, 6.45) is 0. The van der Waals surface area contributed by atoms with Gasteiger partial charge in [0.1, 0.15) is 5.84 Å². The molecule has 0 amide bonds. The van der Waals surface area contributed by atoms with Crippen LogP contribution in [-0.2, 0) is 0 Å². The second kappa shape index (κ2) is 4.38. The zero-order valence-electron chi connectivity index (χ0n) is 6.38. The van der Waals surface area contributed by atoms with E-state index in [0.717, 1.165) is 4.90 Å². The van der Waals surface area contributed by atoms with Crippen molar-refractivity contribution in [3.05, 3.63) is 29.3 Å². The number of hydrogen-bond acceptors (Lipinski definition) is 2. The lowest BCUT2D eigenvalue weighted by Gasteiger charge is -2.01. The molecule has 0 bridgehead atoms. The third-order valence-corrected chi connectivity index (χ3v) is 2.78. The van der Waals surface area contributed by atoms with Gasteiger partial charge in [-0.25, -0.2) is 0 Å². The van der Waals surface area contributed by atoms with Crippen LogP contribution in [0, 0.1) is 5.41 Å². The van der Waals surface area contributed by atoms with E-state index in [1.54, 1.807) is 0 Å². The zero-order valence-corrected chi connectivity index (χ0v) is 7.95. The van der Waals surface area contributed by atoms with Crippen molar-refractivity contribution in [3.8, 4) is 0 Å². The lowest BCUT2D eigenvalue weighted by Crippen LogP contribution is -2.11. The molecule has 0 fully saturated rings. The summed E-state index contributed by atoms with van der Waals surface area (Å²) in [5.41, 5.74) is 5.21. The molecule has 12 heavy (non-hydrogen) atoms. The average Bonchev–Trinajstić information content (AvgIpc) is 2.03. The summed E-state index contributed by atoms with van der Waals surface area (Å²) in [5, 5.41) is 7.74. The van der Waals surface area contributed by atoms with Gasteiger partial charge in [-0.1, -0.05) is 23.7 Å². The van der Waals surface area contributed by atoms with E-state index in [4.69, 9.17) is 22.7 Å². The molecule has 4 heteroatoms. The number of nitrogens with one attached hydrogen (secondary N) is 1. The first-order valence-electron chi connectivity index (χ1n) is 3.40. The minimum atomic E-state index is 0.167. The molecule has 64 valence electrons. The molecule has 0 aliphatic carbocycles. The first-order chi connectivity index (χ1) is 5.70. The lowest BCUT2D eigenvalue weighted by atomic mass is 10.4. The summed E-state index contributed by atoms with van der Waals surface area (Å²) in [7, 11) is 0. The maximum atomic E-state index is 7.03. The van der Waals surface area contributed by atoms with E-state index in [9.17, 15) is 0 Å². The number of rotatable bonds is 3. The van der Waals surface area contributed by atoms with E-state index in [-0.39, 0.29) is 5.84 Å². The Labute approximate surface area is 80.6 Å². The van der Waals surface area contributed by atoms with Crippen molar-refractivity contribution in [2.24, 2.45) is 5.73 Å². The summed E-state index contributed by atoms with van der Waals surface area (Å²) in [6, 6.07) is 7.52. The number of thioether (sulfide) groups is 1. The van der Waals surface area contributed by atoms with Gasteiger partial charge in [-0.15, -0.1) is 11.8 Å². The van der Waals surface area contributed by atoms with Crippen LogP contribution in [0.15, 0.2) is 29.2 Å². The molecule has 0 heterocycles. The van der Waals surface area contributed by atoms with Gasteiger partial charge in [0.2, 0.25) is 0 Å². The van der Waals surface area contributed by atoms with Gasteiger partial charge in [0.15, 0.2) is 0 Å². The van der Waals surface area contributed by atoms with E-state index in [1.807, 2.05) is 24.3 Å². The van der Waals surface area contributed by atoms with Crippen molar-refractivity contribution in [1.82, 2.24) is 0 Å². The summed E-state index contributed by atoms with van der Waals surface area (Å²) in [6.45, 7) is 0. The molecule has 0 saturated heterocycles. The van der Waals surface area contributed by atoms with E-state index < -0.39 is 0 Å². The highest BCUT2D eigenvalue weighted by molar-refractivity contribution is 8.00. The Bertz CT molecular complexity index is 288. The fraction of sp³-hybridized carbons (Fsp3) is 0.125. The number of halogens is 1. The van der Waals surface area contributed by atoms with Gasteiger partial charge in [-0.3, -0.25) is 5.41 Å². The second-order valence-electron chi connectivity index (χ2n) is 2.24. The van der Waals surface area contributed by atoms with E-state index in [0.29, 0.717) is 10.8 Å². The van der Waals surface area contributed by atoms with Gasteiger partial charge >= 0.3 is 0 Å². The van der Waals surface area contributed by atoms with Gasteiger partial charge in [0.25, 0.3) is 0 Å². The molecule has 0 aliphatic heterocycles. The predicted molar refractivity (Wildman–Crippen MR) is 54.1 cm³/mol. The molecule has 1 aromatic carbocycles. The maximum absolute atomic E-state index is 7.03. The first-order valence-corrected chi connectivity index (χ1v) is 4.76. The quantitative estimate of drug-likeness (QED) is 0.447. The monoisotopic (exact) mass is 200 g/mol. The third kappa shape index (κ3) is 2.75. The van der Waals surface area contributed by atoms with Crippen LogP contribution in [0.25, 0.3) is 0 Å². The Balaban J connectivity index is 2.63. The molecule has 0 spiro atoms. The van der Waals surface area contributed by atoms with Crippen LogP contribution in [0.5, 0.6) is 0 Å². The van der Waals surface area contributed by atoms with Crippen molar-refractivity contribution in [2.45, 2.75) is 4.90 Å². The molecule has 0 aromatic heterocycles. The topological polar surface area (TPSA) is 49.9 Å². The van der Waals surface area contributed by atoms with E-state index >= 15 is 0 Å². The van der Waals surface area contributed by atoms with E-state index in [2.05, 4.69) is 0 Å². The molecule has 0 unspecified atom stereocenters. The van der Waals surface area contributed by atoms with Gasteiger partial charge in [0.05, 0.1) is 10.8 Å². The van der Waals surface area contributed by atoms with Crippen LogP contribution in [0.2, 0.25) is 5.02 Å². The minimum Gasteiger partial charge on any atom is -0.387 e. The highest BCUT2D eigenvalue weighted by Gasteiger charge is 1.99. The molecule has 1 aromatic rings. The highest BCUT2D eigenvalue weighted by atomic mass is 35.5. The van der Waals surface area contributed by atoms with E-state index in [1.165, 1.54) is 11.8 Å². The van der Waals surface area contributed by atoms with Crippen LogP contribution < -0.4 is 5.73 Å². The van der Waals surface area contributed by atoms with Crippen molar-refractivity contribution >= 4 is 29.2 Å². The largest absolute Gasteiger partial charge is 0.387 e. The van der Waals surface area contributed by atoms with Gasteiger partial charge < -0.3 is 5.73 Å². The molecule has 3 N–H and O–H groups in total. The molecular weight excluding hydrogens is 192 g/mol. The smallest absolute Gasteiger partial charge is 0.101 e. The Hall–Kier alpha value is -0.670. The first kappa shape index (κ1) is 9.42. The Kier molecular flexibility index (Phi) is 3.44. The Morgan fingerprint density at radius 2 is 2.17 bits per heavy atom. The normalized spacial score (nSPS) is 9.75. The molecule has 1 rings (SSSR count). The number of amidine groups is 1. The van der Waals surface area contributed by atoms with Gasteiger partial charge in [-0.2, -0.15) is 0 Å². The summed E-state index contributed by atoms with van der Waals surface area (Å²) in [4.78, 5) is 0.967.